The zero-order chi connectivity index (χ0) is 29.4. The lowest BCUT2D eigenvalue weighted by atomic mass is 10.0. The van der Waals surface area contributed by atoms with E-state index in [-0.39, 0.29) is 23.3 Å². The van der Waals surface area contributed by atoms with Crippen LogP contribution in [-0.4, -0.2) is 44.3 Å². The van der Waals surface area contributed by atoms with E-state index < -0.39 is 34.3 Å². The molecule has 1 N–H and O–H groups in total. The number of amides is 2. The zero-order valence-electron chi connectivity index (χ0n) is 23.7. The van der Waals surface area contributed by atoms with Crippen molar-refractivity contribution < 1.29 is 22.4 Å². The Morgan fingerprint density at radius 2 is 1.50 bits per heavy atom. The van der Waals surface area contributed by atoms with Gasteiger partial charge in [-0.05, 0) is 73.7 Å². The molecular formula is C31H38FN3O4S. The minimum absolute atomic E-state index is 0.00450. The van der Waals surface area contributed by atoms with Crippen molar-refractivity contribution in [3.63, 3.8) is 0 Å². The number of rotatable bonds is 12. The average Bonchev–Trinajstić information content (AvgIpc) is 2.94. The fourth-order valence-electron chi connectivity index (χ4n) is 4.16. The molecule has 214 valence electrons. The van der Waals surface area contributed by atoms with Gasteiger partial charge in [-0.3, -0.25) is 13.9 Å². The molecule has 3 rings (SSSR count). The number of nitrogens with one attached hydrogen (secondary N) is 1. The Labute approximate surface area is 237 Å². The summed E-state index contributed by atoms with van der Waals surface area (Å²) in [7, 11) is -4.14. The molecule has 0 heterocycles. The lowest BCUT2D eigenvalue weighted by Crippen LogP contribution is -2.51. The van der Waals surface area contributed by atoms with Crippen LogP contribution in [0.1, 0.15) is 56.7 Å². The van der Waals surface area contributed by atoms with E-state index >= 15 is 0 Å². The number of hydrogen-bond donors (Lipinski definition) is 1. The van der Waals surface area contributed by atoms with E-state index in [0.29, 0.717) is 17.8 Å². The van der Waals surface area contributed by atoms with Crippen LogP contribution in [-0.2, 0) is 26.2 Å². The van der Waals surface area contributed by atoms with Gasteiger partial charge in [-0.25, -0.2) is 12.8 Å². The first kappa shape index (κ1) is 30.8. The van der Waals surface area contributed by atoms with Crippen molar-refractivity contribution in [2.75, 3.05) is 17.4 Å². The molecule has 3 aromatic carbocycles. The second-order valence-electron chi connectivity index (χ2n) is 10.2. The number of halogens is 1. The fraction of sp³-hybridized carbons (Fsp3) is 0.355. The van der Waals surface area contributed by atoms with Gasteiger partial charge in [0.15, 0.2) is 0 Å². The first-order valence-electron chi connectivity index (χ1n) is 13.4. The molecule has 0 aliphatic rings. The topological polar surface area (TPSA) is 86.8 Å². The van der Waals surface area contributed by atoms with Crippen LogP contribution in [0.3, 0.4) is 0 Å². The predicted octanol–water partition coefficient (Wildman–Crippen LogP) is 5.40. The highest BCUT2D eigenvalue weighted by molar-refractivity contribution is 7.92. The van der Waals surface area contributed by atoms with Crippen LogP contribution < -0.4 is 9.62 Å². The summed E-state index contributed by atoms with van der Waals surface area (Å²) in [6, 6.07) is 18.3. The van der Waals surface area contributed by atoms with E-state index in [0.717, 1.165) is 21.9 Å². The molecule has 1 atom stereocenters. The smallest absolute Gasteiger partial charge is 0.264 e. The lowest BCUT2D eigenvalue weighted by molar-refractivity contribution is -0.139. The van der Waals surface area contributed by atoms with E-state index in [4.69, 9.17) is 0 Å². The maximum atomic E-state index is 13.9. The van der Waals surface area contributed by atoms with Crippen molar-refractivity contribution in [1.82, 2.24) is 10.2 Å². The number of sulfonamides is 1. The van der Waals surface area contributed by atoms with Gasteiger partial charge in [0.25, 0.3) is 10.0 Å². The number of carbonyl (C=O) groups is 2. The number of anilines is 1. The van der Waals surface area contributed by atoms with Crippen LogP contribution in [0.5, 0.6) is 0 Å². The summed E-state index contributed by atoms with van der Waals surface area (Å²) in [5, 5.41) is 2.80. The van der Waals surface area contributed by atoms with Crippen molar-refractivity contribution in [1.29, 1.82) is 0 Å². The van der Waals surface area contributed by atoms with Crippen molar-refractivity contribution in [3.8, 4) is 0 Å². The van der Waals surface area contributed by atoms with E-state index in [1.165, 1.54) is 41.3 Å². The molecule has 0 aromatic heterocycles. The highest BCUT2D eigenvalue weighted by atomic mass is 32.2. The Kier molecular flexibility index (Phi) is 10.5. The van der Waals surface area contributed by atoms with Crippen molar-refractivity contribution in [2.24, 2.45) is 0 Å². The standard InChI is InChI=1S/C31H38FN3O4S/c1-6-19-33-31(37)24(5)34(20-25-9-13-27(32)14-10-25)30(36)21-35(28-15-11-26(12-16-28)22(2)3)40(38,39)29-17-7-23(4)8-18-29/h7-18,22,24H,6,19-21H2,1-5H3,(H,33,37). The molecule has 0 aliphatic heterocycles. The molecule has 0 aliphatic carbocycles. The molecule has 0 saturated heterocycles. The molecule has 9 heteroatoms. The van der Waals surface area contributed by atoms with Gasteiger partial charge in [0.2, 0.25) is 11.8 Å². The minimum Gasteiger partial charge on any atom is -0.354 e. The Morgan fingerprint density at radius 3 is 2.05 bits per heavy atom. The van der Waals surface area contributed by atoms with E-state index in [1.807, 2.05) is 39.8 Å². The molecule has 1 unspecified atom stereocenters. The maximum absolute atomic E-state index is 13.9. The summed E-state index contributed by atoms with van der Waals surface area (Å²) in [5.41, 5.74) is 2.88. The van der Waals surface area contributed by atoms with Crippen LogP contribution in [0.2, 0.25) is 0 Å². The molecule has 0 bridgehead atoms. The van der Waals surface area contributed by atoms with Gasteiger partial charge in [-0.15, -0.1) is 0 Å². The summed E-state index contributed by atoms with van der Waals surface area (Å²) < 4.78 is 42.4. The molecular weight excluding hydrogens is 529 g/mol. The van der Waals surface area contributed by atoms with Crippen LogP contribution in [0, 0.1) is 12.7 Å². The summed E-state index contributed by atoms with van der Waals surface area (Å²) in [6.07, 6.45) is 0.722. The summed E-state index contributed by atoms with van der Waals surface area (Å²) in [5.74, 6) is -1.10. The highest BCUT2D eigenvalue weighted by Crippen LogP contribution is 2.27. The Balaban J connectivity index is 2.03. The Bertz CT molecular complexity index is 1390. The minimum atomic E-state index is -4.14. The summed E-state index contributed by atoms with van der Waals surface area (Å²) >= 11 is 0. The second kappa shape index (κ2) is 13.6. The van der Waals surface area contributed by atoms with E-state index in [1.54, 1.807) is 31.2 Å². The van der Waals surface area contributed by atoms with Crippen molar-refractivity contribution in [2.45, 2.75) is 64.4 Å². The van der Waals surface area contributed by atoms with Gasteiger partial charge in [-0.1, -0.05) is 62.7 Å². The van der Waals surface area contributed by atoms with Gasteiger partial charge in [0, 0.05) is 13.1 Å². The first-order chi connectivity index (χ1) is 18.9. The SMILES string of the molecule is CCCNC(=O)C(C)N(Cc1ccc(F)cc1)C(=O)CN(c1ccc(C(C)C)cc1)S(=O)(=O)c1ccc(C)cc1. The van der Waals surface area contributed by atoms with Crippen LogP contribution in [0.4, 0.5) is 10.1 Å². The fourth-order valence-corrected chi connectivity index (χ4v) is 5.57. The number of carbonyl (C=O) groups excluding carboxylic acids is 2. The molecule has 3 aromatic rings. The number of aryl methyl sites for hydroxylation is 1. The van der Waals surface area contributed by atoms with Crippen LogP contribution >= 0.6 is 0 Å². The third kappa shape index (κ3) is 7.69. The molecule has 0 fully saturated rings. The van der Waals surface area contributed by atoms with Crippen molar-refractivity contribution in [3.05, 3.63) is 95.3 Å². The quantitative estimate of drug-likeness (QED) is 0.318. The monoisotopic (exact) mass is 567 g/mol. The number of benzene rings is 3. The third-order valence-electron chi connectivity index (χ3n) is 6.72. The Morgan fingerprint density at radius 1 is 0.900 bits per heavy atom. The van der Waals surface area contributed by atoms with E-state index in [9.17, 15) is 22.4 Å². The summed E-state index contributed by atoms with van der Waals surface area (Å²) in [4.78, 5) is 28.2. The molecule has 40 heavy (non-hydrogen) atoms. The van der Waals surface area contributed by atoms with Gasteiger partial charge in [0.05, 0.1) is 10.6 Å². The largest absolute Gasteiger partial charge is 0.354 e. The van der Waals surface area contributed by atoms with Crippen LogP contribution in [0.15, 0.2) is 77.7 Å². The zero-order valence-corrected chi connectivity index (χ0v) is 24.5. The van der Waals surface area contributed by atoms with Gasteiger partial charge < -0.3 is 10.2 Å². The van der Waals surface area contributed by atoms with Crippen molar-refractivity contribution >= 4 is 27.5 Å². The second-order valence-corrected chi connectivity index (χ2v) is 12.0. The molecule has 0 saturated carbocycles. The van der Waals surface area contributed by atoms with Gasteiger partial charge in [-0.2, -0.15) is 0 Å². The Hall–Kier alpha value is -3.72. The van der Waals surface area contributed by atoms with Gasteiger partial charge >= 0.3 is 0 Å². The van der Waals surface area contributed by atoms with E-state index in [2.05, 4.69) is 5.32 Å². The summed E-state index contributed by atoms with van der Waals surface area (Å²) in [6.45, 7) is 9.38. The predicted molar refractivity (Wildman–Crippen MR) is 156 cm³/mol. The molecule has 2 amide bonds. The third-order valence-corrected chi connectivity index (χ3v) is 8.51. The lowest BCUT2D eigenvalue weighted by Gasteiger charge is -2.32. The number of hydrogen-bond acceptors (Lipinski definition) is 4. The molecule has 7 nitrogen and oxygen atoms in total. The molecule has 0 spiro atoms. The normalized spacial score (nSPS) is 12.2. The maximum Gasteiger partial charge on any atom is 0.264 e. The number of nitrogens with zero attached hydrogens (tertiary/aromatic N) is 2. The first-order valence-corrected chi connectivity index (χ1v) is 14.9. The van der Waals surface area contributed by atoms with Gasteiger partial charge in [0.1, 0.15) is 18.4 Å². The van der Waals surface area contributed by atoms with Crippen LogP contribution in [0.25, 0.3) is 0 Å². The average molecular weight is 568 g/mol. The highest BCUT2D eigenvalue weighted by Gasteiger charge is 2.32. The molecule has 0 radical (unpaired) electrons.